The largest absolute Gasteiger partial charge is 0.432 e. The molecule has 0 N–H and O–H groups in total. The van der Waals surface area contributed by atoms with Crippen molar-refractivity contribution in [1.29, 1.82) is 0 Å². The molecule has 0 saturated heterocycles. The maximum Gasteiger partial charge on any atom is 0.307 e. The number of rotatable bonds is 2. The van der Waals surface area contributed by atoms with Crippen molar-refractivity contribution in [3.63, 3.8) is 0 Å². The molecule has 0 saturated carbocycles. The molecule has 1 aliphatic rings. The highest BCUT2D eigenvalue weighted by atomic mass is 16.5. The van der Waals surface area contributed by atoms with E-state index < -0.39 is 0 Å². The Morgan fingerprint density at radius 3 is 2.59 bits per heavy atom. The Morgan fingerprint density at radius 2 is 2.06 bits per heavy atom. The molecule has 2 heteroatoms. The van der Waals surface area contributed by atoms with Gasteiger partial charge in [-0.2, -0.15) is 0 Å². The number of hydrogen-bond donors (Lipinski definition) is 0. The van der Waals surface area contributed by atoms with Crippen LogP contribution in [0.15, 0.2) is 35.1 Å². The molecule has 0 aromatic carbocycles. The molecule has 0 aliphatic heterocycles. The Labute approximate surface area is 104 Å². The third-order valence-electron chi connectivity index (χ3n) is 3.16. The van der Waals surface area contributed by atoms with Crippen LogP contribution in [0.25, 0.3) is 0 Å². The Bertz CT molecular complexity index is 395. The smallest absolute Gasteiger partial charge is 0.307 e. The fraction of sp³-hybridized carbons (Fsp3) is 0.533. The third kappa shape index (κ3) is 3.88. The van der Waals surface area contributed by atoms with Crippen LogP contribution < -0.4 is 0 Å². The monoisotopic (exact) mass is 234 g/mol. The predicted molar refractivity (Wildman–Crippen MR) is 70.4 cm³/mol. The highest BCUT2D eigenvalue weighted by Gasteiger charge is 2.26. The van der Waals surface area contributed by atoms with E-state index in [1.807, 2.05) is 6.08 Å². The summed E-state index contributed by atoms with van der Waals surface area (Å²) in [6.45, 7) is 9.87. The first-order valence-electron chi connectivity index (χ1n) is 6.07. The molecule has 0 amide bonds. The number of hydrogen-bond acceptors (Lipinski definition) is 2. The van der Waals surface area contributed by atoms with Gasteiger partial charge in [-0.1, -0.05) is 31.6 Å². The van der Waals surface area contributed by atoms with Crippen LogP contribution in [0, 0.1) is 5.41 Å². The highest BCUT2D eigenvalue weighted by Crippen LogP contribution is 2.40. The number of carbonyl (C=O) groups is 1. The molecule has 17 heavy (non-hydrogen) atoms. The van der Waals surface area contributed by atoms with Gasteiger partial charge in [0.2, 0.25) is 0 Å². The molecule has 0 unspecified atom stereocenters. The minimum Gasteiger partial charge on any atom is -0.432 e. The fourth-order valence-corrected chi connectivity index (χ4v) is 2.25. The quantitative estimate of drug-likeness (QED) is 0.530. The molecule has 0 fully saturated rings. The fourth-order valence-electron chi connectivity index (χ4n) is 2.25. The molecular formula is C15H22O2. The van der Waals surface area contributed by atoms with Gasteiger partial charge in [-0.05, 0) is 43.8 Å². The molecule has 0 spiro atoms. The number of allylic oxidation sites excluding steroid dienone is 6. The lowest BCUT2D eigenvalue weighted by Gasteiger charge is -2.32. The van der Waals surface area contributed by atoms with Crippen LogP contribution in [-0.4, -0.2) is 5.97 Å². The number of carbonyl (C=O) groups excluding carboxylic acids is 1. The van der Waals surface area contributed by atoms with Crippen molar-refractivity contribution in [3.05, 3.63) is 35.1 Å². The van der Waals surface area contributed by atoms with E-state index in [2.05, 4.69) is 32.9 Å². The predicted octanol–water partition coefficient (Wildman–Crippen LogP) is 4.15. The van der Waals surface area contributed by atoms with Gasteiger partial charge < -0.3 is 4.74 Å². The van der Waals surface area contributed by atoms with Crippen LogP contribution >= 0.6 is 0 Å². The zero-order chi connectivity index (χ0) is 13.1. The maximum atomic E-state index is 10.8. The molecule has 0 heterocycles. The summed E-state index contributed by atoms with van der Waals surface area (Å²) < 4.78 is 5.00. The molecule has 94 valence electrons. The first kappa shape index (κ1) is 13.8. The Morgan fingerprint density at radius 1 is 1.41 bits per heavy atom. The molecule has 0 atom stereocenters. The first-order chi connectivity index (χ1) is 7.83. The van der Waals surface area contributed by atoms with Crippen LogP contribution in [-0.2, 0) is 9.53 Å². The second-order valence-electron chi connectivity index (χ2n) is 5.26. The number of esters is 1. The van der Waals surface area contributed by atoms with E-state index in [0.717, 1.165) is 12.8 Å². The molecule has 2 nitrogen and oxygen atoms in total. The molecule has 0 radical (unpaired) electrons. The lowest BCUT2D eigenvalue weighted by Crippen LogP contribution is -2.18. The molecular weight excluding hydrogens is 212 g/mol. The van der Waals surface area contributed by atoms with E-state index in [9.17, 15) is 4.79 Å². The third-order valence-corrected chi connectivity index (χ3v) is 3.16. The maximum absolute atomic E-state index is 10.8. The summed E-state index contributed by atoms with van der Waals surface area (Å²) in [6, 6.07) is 0. The van der Waals surface area contributed by atoms with E-state index in [1.165, 1.54) is 18.1 Å². The van der Waals surface area contributed by atoms with E-state index >= 15 is 0 Å². The molecule has 1 rings (SSSR count). The standard InChI is InChI=1S/C15H22O2/c1-11-7-6-10-15(4,5)14(11)9-8-12(2)17-13(3)16/h7-9H,6,10H2,1-5H3/b12-8+,14-9?. The first-order valence-corrected chi connectivity index (χ1v) is 6.07. The topological polar surface area (TPSA) is 26.3 Å². The lowest BCUT2D eigenvalue weighted by atomic mass is 9.73. The minimum atomic E-state index is -0.271. The van der Waals surface area contributed by atoms with E-state index in [1.54, 1.807) is 6.92 Å². The summed E-state index contributed by atoms with van der Waals surface area (Å²) in [7, 11) is 0. The van der Waals surface area contributed by atoms with Crippen molar-refractivity contribution < 1.29 is 9.53 Å². The van der Waals surface area contributed by atoms with Crippen molar-refractivity contribution in [2.24, 2.45) is 5.41 Å². The van der Waals surface area contributed by atoms with Crippen molar-refractivity contribution in [2.75, 3.05) is 0 Å². The zero-order valence-electron chi connectivity index (χ0n) is 11.5. The second kappa shape index (κ2) is 5.35. The van der Waals surface area contributed by atoms with Gasteiger partial charge in [-0.15, -0.1) is 0 Å². The van der Waals surface area contributed by atoms with E-state index in [0.29, 0.717) is 5.76 Å². The molecule has 0 aromatic heterocycles. The van der Waals surface area contributed by atoms with E-state index in [-0.39, 0.29) is 11.4 Å². The van der Waals surface area contributed by atoms with Gasteiger partial charge in [0.25, 0.3) is 0 Å². The van der Waals surface area contributed by atoms with Crippen LogP contribution in [0.4, 0.5) is 0 Å². The minimum absolute atomic E-state index is 0.200. The summed E-state index contributed by atoms with van der Waals surface area (Å²) in [5.41, 5.74) is 2.86. The summed E-state index contributed by atoms with van der Waals surface area (Å²) in [6.07, 6.45) is 8.52. The summed E-state index contributed by atoms with van der Waals surface area (Å²) in [5, 5.41) is 0. The highest BCUT2D eigenvalue weighted by molar-refractivity contribution is 5.67. The zero-order valence-corrected chi connectivity index (χ0v) is 11.5. The second-order valence-corrected chi connectivity index (χ2v) is 5.26. The van der Waals surface area contributed by atoms with Crippen molar-refractivity contribution >= 4 is 5.97 Å². The molecule has 1 aliphatic carbocycles. The Hall–Kier alpha value is -1.31. The Balaban J connectivity index is 2.93. The van der Waals surface area contributed by atoms with Gasteiger partial charge in [0.1, 0.15) is 5.76 Å². The summed E-state index contributed by atoms with van der Waals surface area (Å²) >= 11 is 0. The van der Waals surface area contributed by atoms with Gasteiger partial charge in [-0.25, -0.2) is 0 Å². The van der Waals surface area contributed by atoms with Crippen LogP contribution in [0.5, 0.6) is 0 Å². The summed E-state index contributed by atoms with van der Waals surface area (Å²) in [5.74, 6) is 0.367. The van der Waals surface area contributed by atoms with Crippen LogP contribution in [0.3, 0.4) is 0 Å². The van der Waals surface area contributed by atoms with Gasteiger partial charge in [0, 0.05) is 6.92 Å². The SMILES string of the molecule is CC(=O)O/C(C)=C/C=C1C(C)=CCCC1(C)C. The van der Waals surface area contributed by atoms with Gasteiger partial charge in [-0.3, -0.25) is 4.79 Å². The average molecular weight is 234 g/mol. The number of ether oxygens (including phenoxy) is 1. The van der Waals surface area contributed by atoms with Crippen molar-refractivity contribution in [2.45, 2.75) is 47.5 Å². The van der Waals surface area contributed by atoms with Crippen LogP contribution in [0.1, 0.15) is 47.5 Å². The van der Waals surface area contributed by atoms with Crippen molar-refractivity contribution in [3.8, 4) is 0 Å². The molecule has 0 bridgehead atoms. The van der Waals surface area contributed by atoms with E-state index in [4.69, 9.17) is 4.74 Å². The average Bonchev–Trinajstić information content (AvgIpc) is 2.14. The molecule has 0 aromatic rings. The lowest BCUT2D eigenvalue weighted by molar-refractivity contribution is -0.136. The van der Waals surface area contributed by atoms with Gasteiger partial charge in [0.05, 0.1) is 0 Å². The van der Waals surface area contributed by atoms with Crippen molar-refractivity contribution in [1.82, 2.24) is 0 Å². The summed E-state index contributed by atoms with van der Waals surface area (Å²) in [4.78, 5) is 10.8. The van der Waals surface area contributed by atoms with Gasteiger partial charge >= 0.3 is 5.97 Å². The van der Waals surface area contributed by atoms with Gasteiger partial charge in [0.15, 0.2) is 0 Å². The normalized spacial score (nSPS) is 22.3. The van der Waals surface area contributed by atoms with Crippen LogP contribution in [0.2, 0.25) is 0 Å². The Kier molecular flexibility index (Phi) is 4.33.